The first-order valence-corrected chi connectivity index (χ1v) is 9.01. The van der Waals surface area contributed by atoms with Crippen molar-refractivity contribution in [3.8, 4) is 0 Å². The van der Waals surface area contributed by atoms with Crippen LogP contribution in [-0.2, 0) is 11.2 Å². The minimum atomic E-state index is -0.0190. The Balaban J connectivity index is 1.84. The summed E-state index contributed by atoms with van der Waals surface area (Å²) in [6.45, 7) is 10.3. The Hall–Kier alpha value is -1.36. The Labute approximate surface area is 138 Å². The molecular formula is C18H29N3O2. The zero-order valence-electron chi connectivity index (χ0n) is 14.8. The number of nitrogens with zero attached hydrogens (tertiary/aromatic N) is 2. The van der Waals surface area contributed by atoms with E-state index in [1.165, 1.54) is 6.42 Å². The highest BCUT2D eigenvalue weighted by atomic mass is 16.5. The highest BCUT2D eigenvalue weighted by molar-refractivity contribution is 5.94. The van der Waals surface area contributed by atoms with Crippen molar-refractivity contribution in [3.63, 3.8) is 0 Å². The molecule has 1 aromatic heterocycles. The van der Waals surface area contributed by atoms with Crippen molar-refractivity contribution in [2.75, 3.05) is 13.1 Å². The molecule has 1 amide bonds. The number of aromatic nitrogens is 2. The summed E-state index contributed by atoms with van der Waals surface area (Å²) in [6.07, 6.45) is 5.46. The van der Waals surface area contributed by atoms with Gasteiger partial charge in [0.1, 0.15) is 0 Å². The van der Waals surface area contributed by atoms with Crippen molar-refractivity contribution >= 4 is 5.91 Å². The first kappa shape index (κ1) is 16.5. The zero-order valence-corrected chi connectivity index (χ0v) is 14.8. The average molecular weight is 319 g/mol. The number of fused-ring (bicyclic) bond motifs is 1. The van der Waals surface area contributed by atoms with Crippen molar-refractivity contribution in [3.05, 3.63) is 17.0 Å². The second kappa shape index (κ2) is 6.27. The molecule has 2 aliphatic rings. The van der Waals surface area contributed by atoms with Crippen LogP contribution < -0.4 is 0 Å². The summed E-state index contributed by atoms with van der Waals surface area (Å²) in [6, 6.07) is 0. The first-order chi connectivity index (χ1) is 11.0. The first-order valence-electron chi connectivity index (χ1n) is 9.01. The summed E-state index contributed by atoms with van der Waals surface area (Å²) in [5.41, 5.74) is 2.93. The molecule has 0 saturated carbocycles. The monoisotopic (exact) mass is 319 g/mol. The third-order valence-electron chi connectivity index (χ3n) is 5.88. The van der Waals surface area contributed by atoms with E-state index in [0.717, 1.165) is 50.0 Å². The molecule has 0 radical (unpaired) electrons. The van der Waals surface area contributed by atoms with Gasteiger partial charge >= 0.3 is 0 Å². The van der Waals surface area contributed by atoms with E-state index in [1.54, 1.807) is 0 Å². The molecule has 1 N–H and O–H groups in total. The third kappa shape index (κ3) is 2.91. The molecule has 2 atom stereocenters. The summed E-state index contributed by atoms with van der Waals surface area (Å²) in [7, 11) is 0. The summed E-state index contributed by atoms with van der Waals surface area (Å²) >= 11 is 0. The van der Waals surface area contributed by atoms with E-state index in [4.69, 9.17) is 4.74 Å². The van der Waals surface area contributed by atoms with E-state index in [0.29, 0.717) is 5.69 Å². The molecule has 0 spiro atoms. The Morgan fingerprint density at radius 2 is 2.13 bits per heavy atom. The van der Waals surface area contributed by atoms with Crippen LogP contribution in [0.5, 0.6) is 0 Å². The number of hydrogen-bond donors (Lipinski definition) is 1. The largest absolute Gasteiger partial charge is 0.369 e. The fourth-order valence-electron chi connectivity index (χ4n) is 4.21. The molecule has 0 bridgehead atoms. The number of amides is 1. The molecule has 3 rings (SSSR count). The SMILES string of the molecule is CCC1(CC)CCCN(C(=O)c2n[nH]c3c2C[C@H](C)O[C@@H]3C)C1. The maximum atomic E-state index is 13.1. The summed E-state index contributed by atoms with van der Waals surface area (Å²) < 4.78 is 5.82. The number of likely N-dealkylation sites (tertiary alicyclic amines) is 1. The normalized spacial score (nSPS) is 26.9. The van der Waals surface area contributed by atoms with Gasteiger partial charge < -0.3 is 9.64 Å². The van der Waals surface area contributed by atoms with Gasteiger partial charge in [-0.25, -0.2) is 0 Å². The third-order valence-corrected chi connectivity index (χ3v) is 5.88. The van der Waals surface area contributed by atoms with Crippen LogP contribution in [0.1, 0.15) is 81.2 Å². The van der Waals surface area contributed by atoms with E-state index >= 15 is 0 Å². The quantitative estimate of drug-likeness (QED) is 0.928. The van der Waals surface area contributed by atoms with Crippen LogP contribution in [0, 0.1) is 5.41 Å². The van der Waals surface area contributed by atoms with Gasteiger partial charge in [-0.15, -0.1) is 0 Å². The minimum absolute atomic E-state index is 0.0190. The number of hydrogen-bond acceptors (Lipinski definition) is 3. The molecule has 2 aliphatic heterocycles. The molecule has 1 aromatic rings. The second-order valence-electron chi connectivity index (χ2n) is 7.29. The Bertz CT molecular complexity index is 577. The lowest BCUT2D eigenvalue weighted by Gasteiger charge is -2.42. The zero-order chi connectivity index (χ0) is 16.6. The van der Waals surface area contributed by atoms with Crippen molar-refractivity contribution < 1.29 is 9.53 Å². The van der Waals surface area contributed by atoms with Gasteiger partial charge in [-0.2, -0.15) is 5.10 Å². The molecule has 5 heteroatoms. The summed E-state index contributed by atoms with van der Waals surface area (Å²) in [5, 5.41) is 7.40. The van der Waals surface area contributed by atoms with E-state index in [2.05, 4.69) is 31.0 Å². The average Bonchev–Trinajstić information content (AvgIpc) is 2.98. The maximum Gasteiger partial charge on any atom is 0.274 e. The van der Waals surface area contributed by atoms with Crippen LogP contribution in [0.4, 0.5) is 0 Å². The van der Waals surface area contributed by atoms with Crippen LogP contribution in [0.25, 0.3) is 0 Å². The van der Waals surface area contributed by atoms with Crippen LogP contribution in [-0.4, -0.2) is 40.2 Å². The second-order valence-corrected chi connectivity index (χ2v) is 7.29. The Morgan fingerprint density at radius 3 is 2.83 bits per heavy atom. The highest BCUT2D eigenvalue weighted by Gasteiger charge is 2.37. The number of ether oxygens (including phenoxy) is 1. The molecule has 3 heterocycles. The number of rotatable bonds is 3. The van der Waals surface area contributed by atoms with Crippen LogP contribution in [0.2, 0.25) is 0 Å². The van der Waals surface area contributed by atoms with E-state index < -0.39 is 0 Å². The molecule has 0 unspecified atom stereocenters. The van der Waals surface area contributed by atoms with Crippen LogP contribution >= 0.6 is 0 Å². The van der Waals surface area contributed by atoms with Gasteiger partial charge in [0.25, 0.3) is 5.91 Å². The van der Waals surface area contributed by atoms with Gasteiger partial charge in [0.15, 0.2) is 5.69 Å². The predicted octanol–water partition coefficient (Wildman–Crippen LogP) is 3.47. The van der Waals surface area contributed by atoms with Crippen LogP contribution in [0.3, 0.4) is 0 Å². The highest BCUT2D eigenvalue weighted by Crippen LogP contribution is 2.37. The number of aromatic amines is 1. The number of nitrogens with one attached hydrogen (secondary N) is 1. The molecular weight excluding hydrogens is 290 g/mol. The number of carbonyl (C=O) groups is 1. The molecule has 5 nitrogen and oxygen atoms in total. The Kier molecular flexibility index (Phi) is 4.50. The lowest BCUT2D eigenvalue weighted by atomic mass is 9.75. The number of H-pyrrole nitrogens is 1. The van der Waals surface area contributed by atoms with E-state index in [1.807, 2.05) is 11.8 Å². The van der Waals surface area contributed by atoms with Gasteiger partial charge in [0, 0.05) is 25.1 Å². The molecule has 0 aromatic carbocycles. The smallest absolute Gasteiger partial charge is 0.274 e. The van der Waals surface area contributed by atoms with Gasteiger partial charge in [0.05, 0.1) is 17.9 Å². The Morgan fingerprint density at radius 1 is 1.39 bits per heavy atom. The fraction of sp³-hybridized carbons (Fsp3) is 0.778. The topological polar surface area (TPSA) is 58.2 Å². The van der Waals surface area contributed by atoms with Crippen molar-refractivity contribution in [1.29, 1.82) is 0 Å². The van der Waals surface area contributed by atoms with Gasteiger partial charge in [-0.3, -0.25) is 9.89 Å². The maximum absolute atomic E-state index is 13.1. The number of piperidine rings is 1. The van der Waals surface area contributed by atoms with Gasteiger partial charge in [-0.05, 0) is 44.9 Å². The summed E-state index contributed by atoms with van der Waals surface area (Å²) in [5.74, 6) is 0.0924. The molecule has 23 heavy (non-hydrogen) atoms. The molecule has 1 fully saturated rings. The lowest BCUT2D eigenvalue weighted by Crippen LogP contribution is -2.46. The number of carbonyl (C=O) groups excluding carboxylic acids is 1. The van der Waals surface area contributed by atoms with E-state index in [9.17, 15) is 4.79 Å². The minimum Gasteiger partial charge on any atom is -0.369 e. The molecule has 128 valence electrons. The van der Waals surface area contributed by atoms with Crippen molar-refractivity contribution in [2.45, 2.75) is 72.0 Å². The molecule has 0 aliphatic carbocycles. The van der Waals surface area contributed by atoms with Gasteiger partial charge in [-0.1, -0.05) is 13.8 Å². The fourth-order valence-corrected chi connectivity index (χ4v) is 4.21. The van der Waals surface area contributed by atoms with Gasteiger partial charge in [0.2, 0.25) is 0 Å². The predicted molar refractivity (Wildman–Crippen MR) is 89.4 cm³/mol. The standard InChI is InChI=1S/C18H29N3O2/c1-5-18(6-2)8-7-9-21(11-18)17(22)16-14-10-12(3)23-13(4)15(14)19-20-16/h12-13H,5-11H2,1-4H3,(H,19,20)/t12-,13+/m0/s1. The van der Waals surface area contributed by atoms with Crippen LogP contribution in [0.15, 0.2) is 0 Å². The van der Waals surface area contributed by atoms with E-state index in [-0.39, 0.29) is 23.5 Å². The summed E-state index contributed by atoms with van der Waals surface area (Å²) in [4.78, 5) is 15.1. The molecule has 1 saturated heterocycles. The van der Waals surface area contributed by atoms with Crippen molar-refractivity contribution in [2.24, 2.45) is 5.41 Å². The van der Waals surface area contributed by atoms with Crippen molar-refractivity contribution in [1.82, 2.24) is 15.1 Å². The lowest BCUT2D eigenvalue weighted by molar-refractivity contribution is -0.00708.